The third-order valence-corrected chi connectivity index (χ3v) is 4.96. The molecule has 1 aliphatic heterocycles. The van der Waals surface area contributed by atoms with Gasteiger partial charge in [-0.1, -0.05) is 0 Å². The molecule has 3 aromatic heterocycles. The highest BCUT2D eigenvalue weighted by Gasteiger charge is 2.19. The number of nitrogens with zero attached hydrogens (tertiary/aromatic N) is 6. The van der Waals surface area contributed by atoms with Crippen molar-refractivity contribution < 1.29 is 9.47 Å². The van der Waals surface area contributed by atoms with Gasteiger partial charge in [0, 0.05) is 38.5 Å². The fourth-order valence-corrected chi connectivity index (χ4v) is 2.96. The van der Waals surface area contributed by atoms with E-state index in [1.807, 2.05) is 39.1 Å². The minimum Gasteiger partial charge on any atom is -0.479 e. The van der Waals surface area contributed by atoms with Crippen LogP contribution in [0.5, 0.6) is 5.88 Å². The third kappa shape index (κ3) is 4.45. The lowest BCUT2D eigenvalue weighted by Crippen LogP contribution is -2.37. The van der Waals surface area contributed by atoms with Gasteiger partial charge in [0.05, 0.1) is 12.7 Å². The van der Waals surface area contributed by atoms with Crippen LogP contribution in [0.25, 0.3) is 10.9 Å². The molecule has 12 heteroatoms. The molecule has 0 atom stereocenters. The van der Waals surface area contributed by atoms with Crippen molar-refractivity contribution in [1.29, 1.82) is 0 Å². The summed E-state index contributed by atoms with van der Waals surface area (Å²) < 4.78 is 10.9. The number of hydrazone groups is 1. The Morgan fingerprint density at radius 2 is 1.97 bits per heavy atom. The highest BCUT2D eigenvalue weighted by atomic mass is 16.5. The highest BCUT2D eigenvalue weighted by Crippen LogP contribution is 2.27. The molecule has 0 saturated heterocycles. The maximum atomic E-state index is 5.48. The van der Waals surface area contributed by atoms with Crippen molar-refractivity contribution in [2.75, 3.05) is 38.4 Å². The summed E-state index contributed by atoms with van der Waals surface area (Å²) >= 11 is 0. The van der Waals surface area contributed by atoms with Gasteiger partial charge < -0.3 is 20.1 Å². The Morgan fingerprint density at radius 1 is 1.12 bits per heavy atom. The van der Waals surface area contributed by atoms with Crippen LogP contribution in [0.2, 0.25) is 0 Å². The minimum atomic E-state index is -0.346. The molecule has 1 aliphatic rings. The lowest BCUT2D eigenvalue weighted by Gasteiger charge is -2.23. The van der Waals surface area contributed by atoms with E-state index in [4.69, 9.17) is 9.47 Å². The Hall–Kier alpha value is -3.77. The summed E-state index contributed by atoms with van der Waals surface area (Å²) in [6.07, 6.45) is 3.46. The van der Waals surface area contributed by atoms with Gasteiger partial charge in [0.2, 0.25) is 11.8 Å². The first-order valence-electron chi connectivity index (χ1n) is 9.95. The van der Waals surface area contributed by atoms with Crippen LogP contribution >= 0.6 is 0 Å². The summed E-state index contributed by atoms with van der Waals surface area (Å²) in [7, 11) is 5.06. The molecule has 3 aromatic rings. The maximum Gasteiger partial charge on any atom is 0.238 e. The van der Waals surface area contributed by atoms with E-state index < -0.39 is 0 Å². The predicted octanol–water partition coefficient (Wildman–Crippen LogP) is 1.63. The van der Waals surface area contributed by atoms with Gasteiger partial charge >= 0.3 is 0 Å². The molecule has 0 radical (unpaired) electrons. The zero-order chi connectivity index (χ0) is 22.7. The fourth-order valence-electron chi connectivity index (χ4n) is 2.96. The van der Waals surface area contributed by atoms with Crippen LogP contribution in [0.4, 0.5) is 17.5 Å². The van der Waals surface area contributed by atoms with E-state index in [2.05, 4.69) is 46.7 Å². The molecule has 0 fully saturated rings. The Morgan fingerprint density at radius 3 is 2.69 bits per heavy atom. The van der Waals surface area contributed by atoms with Crippen LogP contribution in [0, 0.1) is 0 Å². The summed E-state index contributed by atoms with van der Waals surface area (Å²) in [6, 6.07) is 5.54. The van der Waals surface area contributed by atoms with Gasteiger partial charge in [-0.15, -0.1) is 10.6 Å². The van der Waals surface area contributed by atoms with Crippen LogP contribution < -0.4 is 26.4 Å². The second-order valence-electron chi connectivity index (χ2n) is 7.70. The molecule has 32 heavy (non-hydrogen) atoms. The number of hydrazine groups is 2. The van der Waals surface area contributed by atoms with Crippen LogP contribution in [0.3, 0.4) is 0 Å². The Balaban J connectivity index is 1.61. The molecule has 0 bridgehead atoms. The van der Waals surface area contributed by atoms with Crippen molar-refractivity contribution in [1.82, 2.24) is 36.0 Å². The molecule has 0 spiro atoms. The van der Waals surface area contributed by atoms with E-state index in [1.54, 1.807) is 31.6 Å². The van der Waals surface area contributed by atoms with Gasteiger partial charge in [0.1, 0.15) is 16.9 Å². The number of methoxy groups -OCH3 is 2. The first-order valence-corrected chi connectivity index (χ1v) is 9.95. The zero-order valence-corrected chi connectivity index (χ0v) is 18.6. The second-order valence-corrected chi connectivity index (χ2v) is 7.70. The number of amidine groups is 1. The van der Waals surface area contributed by atoms with E-state index in [0.717, 1.165) is 5.39 Å². The molecule has 4 heterocycles. The zero-order valence-electron chi connectivity index (χ0n) is 18.6. The van der Waals surface area contributed by atoms with Gasteiger partial charge in [0.25, 0.3) is 0 Å². The normalized spacial score (nSPS) is 13.7. The number of fused-ring (bicyclic) bond motifs is 1. The van der Waals surface area contributed by atoms with Crippen LogP contribution in [0.15, 0.2) is 35.7 Å². The van der Waals surface area contributed by atoms with E-state index in [1.165, 1.54) is 0 Å². The van der Waals surface area contributed by atoms with Gasteiger partial charge in [-0.05, 0) is 32.0 Å². The molecule has 0 amide bonds. The van der Waals surface area contributed by atoms with Gasteiger partial charge in [0.15, 0.2) is 11.7 Å². The van der Waals surface area contributed by atoms with Crippen molar-refractivity contribution >= 4 is 34.2 Å². The summed E-state index contributed by atoms with van der Waals surface area (Å²) in [6.45, 7) is 4.57. The average Bonchev–Trinajstić information content (AvgIpc) is 3.23. The number of anilines is 3. The highest BCUT2D eigenvalue weighted by molar-refractivity contribution is 5.97. The van der Waals surface area contributed by atoms with Crippen molar-refractivity contribution in [2.24, 2.45) is 5.10 Å². The van der Waals surface area contributed by atoms with E-state index in [-0.39, 0.29) is 5.60 Å². The van der Waals surface area contributed by atoms with Crippen LogP contribution in [-0.4, -0.2) is 64.2 Å². The molecule has 0 aliphatic carbocycles. The monoisotopic (exact) mass is 438 g/mol. The van der Waals surface area contributed by atoms with Crippen LogP contribution in [0.1, 0.15) is 19.5 Å². The Labute approximate surface area is 185 Å². The van der Waals surface area contributed by atoms with Gasteiger partial charge in [-0.3, -0.25) is 5.01 Å². The summed E-state index contributed by atoms with van der Waals surface area (Å²) in [4.78, 5) is 18.1. The van der Waals surface area contributed by atoms with Crippen molar-refractivity contribution in [3.8, 4) is 5.88 Å². The molecule has 0 unspecified atom stereocenters. The van der Waals surface area contributed by atoms with Gasteiger partial charge in [-0.25, -0.2) is 25.5 Å². The topological polar surface area (TPSA) is 134 Å². The van der Waals surface area contributed by atoms with Crippen molar-refractivity contribution in [3.63, 3.8) is 0 Å². The lowest BCUT2D eigenvalue weighted by molar-refractivity contribution is 0.0343. The Kier molecular flexibility index (Phi) is 5.88. The minimum absolute atomic E-state index is 0.346. The molecule has 168 valence electrons. The van der Waals surface area contributed by atoms with E-state index in [0.29, 0.717) is 46.9 Å². The summed E-state index contributed by atoms with van der Waals surface area (Å²) in [5, 5.41) is 13.2. The number of hydrogen-bond donors (Lipinski definition) is 4. The molecule has 12 nitrogen and oxygen atoms in total. The van der Waals surface area contributed by atoms with E-state index in [9.17, 15) is 0 Å². The number of nitrogens with one attached hydrogen (secondary N) is 4. The SMILES string of the molecule is COc1nc(C2=NNNN2C)ccc1Nc1ncc2ccnc(NCC(C)(C)OC)c2n1. The largest absolute Gasteiger partial charge is 0.479 e. The summed E-state index contributed by atoms with van der Waals surface area (Å²) in [5.41, 5.74) is 7.15. The summed E-state index contributed by atoms with van der Waals surface area (Å²) in [5.74, 6) is 2.07. The molecule has 0 aromatic carbocycles. The first kappa shape index (κ1) is 21.5. The van der Waals surface area contributed by atoms with E-state index >= 15 is 0 Å². The number of pyridine rings is 2. The van der Waals surface area contributed by atoms with Crippen molar-refractivity contribution in [3.05, 3.63) is 36.3 Å². The smallest absolute Gasteiger partial charge is 0.238 e. The number of rotatable bonds is 8. The maximum absolute atomic E-state index is 5.48. The lowest BCUT2D eigenvalue weighted by atomic mass is 10.1. The van der Waals surface area contributed by atoms with Gasteiger partial charge in [-0.2, -0.15) is 0 Å². The number of ether oxygens (including phenoxy) is 2. The average molecular weight is 438 g/mol. The predicted molar refractivity (Wildman–Crippen MR) is 122 cm³/mol. The third-order valence-electron chi connectivity index (χ3n) is 4.96. The van der Waals surface area contributed by atoms with Crippen molar-refractivity contribution in [2.45, 2.75) is 19.4 Å². The number of hydrogen-bond acceptors (Lipinski definition) is 12. The van der Waals surface area contributed by atoms with Crippen LogP contribution in [-0.2, 0) is 4.74 Å². The quantitative estimate of drug-likeness (QED) is 0.409. The number of aromatic nitrogens is 4. The molecular formula is C20H26N10O2. The standard InChI is InChI=1S/C20H26N10O2/c1-20(2,32-5)11-23-16-15-12(8-9-21-16)10-22-19(26-15)25-14-7-6-13(24-18(14)31-4)17-27-28-29-30(17)3/h6-10,28-29H,11H2,1-5H3,(H,21,23)(H,22,25,26). The second kappa shape index (κ2) is 8.77. The molecule has 4 rings (SSSR count). The Bertz CT molecular complexity index is 1150. The molecule has 0 saturated carbocycles. The first-order chi connectivity index (χ1) is 15.4. The molecular weight excluding hydrogens is 412 g/mol. The fraction of sp³-hybridized carbons (Fsp3) is 0.350. The molecule has 4 N–H and O–H groups in total.